The first-order valence-corrected chi connectivity index (χ1v) is 6.92. The molecule has 0 amide bonds. The van der Waals surface area contributed by atoms with Crippen LogP contribution in [0.1, 0.15) is 18.1 Å². The van der Waals surface area contributed by atoms with Crippen molar-refractivity contribution in [3.8, 4) is 5.88 Å². The van der Waals surface area contributed by atoms with Gasteiger partial charge in [-0.15, -0.1) is 0 Å². The van der Waals surface area contributed by atoms with Gasteiger partial charge in [0.05, 0.1) is 5.56 Å². The monoisotopic (exact) mass is 321 g/mol. The summed E-state index contributed by atoms with van der Waals surface area (Å²) in [5.41, 5.74) is 2.03. The fourth-order valence-electron chi connectivity index (χ4n) is 1.66. The van der Waals surface area contributed by atoms with Crippen molar-refractivity contribution in [3.63, 3.8) is 0 Å². The van der Waals surface area contributed by atoms with Gasteiger partial charge in [-0.25, -0.2) is 9.97 Å². The van der Waals surface area contributed by atoms with E-state index in [1.165, 1.54) is 6.33 Å². The molecule has 0 aliphatic carbocycles. The van der Waals surface area contributed by atoms with Crippen LogP contribution in [0.4, 0.5) is 5.82 Å². The molecule has 0 spiro atoms. The van der Waals surface area contributed by atoms with E-state index in [0.717, 1.165) is 28.0 Å². The van der Waals surface area contributed by atoms with Gasteiger partial charge in [-0.1, -0.05) is 28.1 Å². The van der Waals surface area contributed by atoms with E-state index in [4.69, 9.17) is 4.74 Å². The van der Waals surface area contributed by atoms with Gasteiger partial charge in [-0.05, 0) is 31.5 Å². The van der Waals surface area contributed by atoms with Gasteiger partial charge in [-0.2, -0.15) is 0 Å². The Kier molecular flexibility index (Phi) is 4.74. The molecule has 0 aliphatic rings. The number of anilines is 1. The van der Waals surface area contributed by atoms with Gasteiger partial charge < -0.3 is 10.1 Å². The Morgan fingerprint density at radius 2 is 1.95 bits per heavy atom. The van der Waals surface area contributed by atoms with Gasteiger partial charge in [-0.3, -0.25) is 0 Å². The summed E-state index contributed by atoms with van der Waals surface area (Å²) < 4.78 is 6.80. The summed E-state index contributed by atoms with van der Waals surface area (Å²) in [6, 6.07) is 8.03. The van der Waals surface area contributed by atoms with Gasteiger partial charge in [0, 0.05) is 11.0 Å². The average Bonchev–Trinajstić information content (AvgIpc) is 2.42. The Morgan fingerprint density at radius 1 is 1.21 bits per heavy atom. The van der Waals surface area contributed by atoms with Crippen molar-refractivity contribution in [1.82, 2.24) is 9.97 Å². The van der Waals surface area contributed by atoms with Crippen LogP contribution >= 0.6 is 15.9 Å². The maximum Gasteiger partial charge on any atom is 0.221 e. The van der Waals surface area contributed by atoms with E-state index in [9.17, 15) is 0 Å². The first-order valence-electron chi connectivity index (χ1n) is 6.13. The maximum absolute atomic E-state index is 5.74. The van der Waals surface area contributed by atoms with E-state index in [-0.39, 0.29) is 0 Å². The Hall–Kier alpha value is -1.62. The summed E-state index contributed by atoms with van der Waals surface area (Å²) in [7, 11) is 0. The molecule has 0 radical (unpaired) electrons. The smallest absolute Gasteiger partial charge is 0.221 e. The second-order valence-electron chi connectivity index (χ2n) is 4.10. The minimum absolute atomic E-state index is 0.497. The topological polar surface area (TPSA) is 47.0 Å². The third-order valence-electron chi connectivity index (χ3n) is 2.67. The molecule has 0 atom stereocenters. The molecule has 0 saturated heterocycles. The predicted molar refractivity (Wildman–Crippen MR) is 79.4 cm³/mol. The SMILES string of the molecule is CCNc1ncnc(OCc2ccc(Br)cc2)c1C. The summed E-state index contributed by atoms with van der Waals surface area (Å²) in [6.45, 7) is 5.31. The number of aromatic nitrogens is 2. The summed E-state index contributed by atoms with van der Waals surface area (Å²) in [4.78, 5) is 8.36. The van der Waals surface area contributed by atoms with E-state index in [2.05, 4.69) is 31.2 Å². The molecule has 0 bridgehead atoms. The van der Waals surface area contributed by atoms with E-state index in [0.29, 0.717) is 12.5 Å². The third-order valence-corrected chi connectivity index (χ3v) is 3.20. The zero-order valence-corrected chi connectivity index (χ0v) is 12.6. The maximum atomic E-state index is 5.74. The van der Waals surface area contributed by atoms with Crippen LogP contribution in [0.3, 0.4) is 0 Å². The quantitative estimate of drug-likeness (QED) is 0.914. The van der Waals surface area contributed by atoms with Crippen molar-refractivity contribution >= 4 is 21.7 Å². The van der Waals surface area contributed by atoms with E-state index in [1.807, 2.05) is 38.1 Å². The molecular weight excluding hydrogens is 306 g/mol. The lowest BCUT2D eigenvalue weighted by atomic mass is 10.2. The average molecular weight is 322 g/mol. The van der Waals surface area contributed by atoms with Gasteiger partial charge >= 0.3 is 0 Å². The van der Waals surface area contributed by atoms with Gasteiger partial charge in [0.1, 0.15) is 18.8 Å². The van der Waals surface area contributed by atoms with Crippen LogP contribution in [0.5, 0.6) is 5.88 Å². The highest BCUT2D eigenvalue weighted by Crippen LogP contribution is 2.21. The molecule has 1 N–H and O–H groups in total. The third kappa shape index (κ3) is 3.67. The largest absolute Gasteiger partial charge is 0.472 e. The van der Waals surface area contributed by atoms with Crippen LogP contribution in [0, 0.1) is 6.92 Å². The summed E-state index contributed by atoms with van der Waals surface area (Å²) in [5, 5.41) is 3.18. The summed E-state index contributed by atoms with van der Waals surface area (Å²) in [6.07, 6.45) is 1.52. The number of ether oxygens (including phenoxy) is 1. The van der Waals surface area contributed by atoms with E-state index in [1.54, 1.807) is 0 Å². The lowest BCUT2D eigenvalue weighted by molar-refractivity contribution is 0.291. The first kappa shape index (κ1) is 13.8. The number of rotatable bonds is 5. The van der Waals surface area contributed by atoms with Crippen LogP contribution in [0.25, 0.3) is 0 Å². The van der Waals surface area contributed by atoms with Crippen molar-refractivity contribution in [2.45, 2.75) is 20.5 Å². The highest BCUT2D eigenvalue weighted by atomic mass is 79.9. The number of halogens is 1. The van der Waals surface area contributed by atoms with Crippen molar-refractivity contribution in [2.24, 2.45) is 0 Å². The molecule has 2 rings (SSSR count). The van der Waals surface area contributed by atoms with Crippen molar-refractivity contribution in [3.05, 3.63) is 46.2 Å². The minimum Gasteiger partial charge on any atom is -0.472 e. The predicted octanol–water partition coefficient (Wildman–Crippen LogP) is 3.56. The Balaban J connectivity index is 2.07. The summed E-state index contributed by atoms with van der Waals surface area (Å²) in [5.74, 6) is 1.44. The fraction of sp³-hybridized carbons (Fsp3) is 0.286. The van der Waals surface area contributed by atoms with E-state index >= 15 is 0 Å². The summed E-state index contributed by atoms with van der Waals surface area (Å²) >= 11 is 3.41. The number of nitrogens with zero attached hydrogens (tertiary/aromatic N) is 2. The first-order chi connectivity index (χ1) is 9.20. The molecule has 1 heterocycles. The number of nitrogens with one attached hydrogen (secondary N) is 1. The van der Waals surface area contributed by atoms with Crippen molar-refractivity contribution < 1.29 is 4.74 Å². The van der Waals surface area contributed by atoms with Crippen molar-refractivity contribution in [1.29, 1.82) is 0 Å². The lowest BCUT2D eigenvalue weighted by Crippen LogP contribution is -2.05. The van der Waals surface area contributed by atoms with Crippen molar-refractivity contribution in [2.75, 3.05) is 11.9 Å². The van der Waals surface area contributed by atoms with Crippen LogP contribution in [0.15, 0.2) is 35.1 Å². The number of hydrogen-bond donors (Lipinski definition) is 1. The molecular formula is C14H16BrN3O. The number of hydrogen-bond acceptors (Lipinski definition) is 4. The molecule has 19 heavy (non-hydrogen) atoms. The van der Waals surface area contributed by atoms with Crippen LogP contribution < -0.4 is 10.1 Å². The Morgan fingerprint density at radius 3 is 2.63 bits per heavy atom. The normalized spacial score (nSPS) is 10.3. The molecule has 2 aromatic rings. The molecule has 1 aromatic heterocycles. The van der Waals surface area contributed by atoms with Crippen LogP contribution in [-0.2, 0) is 6.61 Å². The van der Waals surface area contributed by atoms with Crippen LogP contribution in [-0.4, -0.2) is 16.5 Å². The minimum atomic E-state index is 0.497. The van der Waals surface area contributed by atoms with Crippen LogP contribution in [0.2, 0.25) is 0 Å². The second-order valence-corrected chi connectivity index (χ2v) is 5.01. The molecule has 1 aromatic carbocycles. The van der Waals surface area contributed by atoms with E-state index < -0.39 is 0 Å². The van der Waals surface area contributed by atoms with Gasteiger partial charge in [0.2, 0.25) is 5.88 Å². The zero-order valence-electron chi connectivity index (χ0n) is 11.0. The molecule has 0 unspecified atom stereocenters. The molecule has 100 valence electrons. The zero-order chi connectivity index (χ0) is 13.7. The highest BCUT2D eigenvalue weighted by molar-refractivity contribution is 9.10. The highest BCUT2D eigenvalue weighted by Gasteiger charge is 2.07. The van der Waals surface area contributed by atoms with Gasteiger partial charge in [0.25, 0.3) is 0 Å². The Bertz CT molecular complexity index is 543. The molecule has 4 nitrogen and oxygen atoms in total. The standard InChI is InChI=1S/C14H16BrN3O/c1-3-16-13-10(2)14(18-9-17-13)19-8-11-4-6-12(15)7-5-11/h4-7,9H,3,8H2,1-2H3,(H,16,17,18). The molecule has 0 fully saturated rings. The van der Waals surface area contributed by atoms with Gasteiger partial charge in [0.15, 0.2) is 0 Å². The fourth-order valence-corrected chi connectivity index (χ4v) is 1.92. The molecule has 0 aliphatic heterocycles. The molecule has 0 saturated carbocycles. The Labute approximate surface area is 121 Å². The molecule has 5 heteroatoms. The lowest BCUT2D eigenvalue weighted by Gasteiger charge is -2.11. The number of benzene rings is 1. The second kappa shape index (κ2) is 6.52.